The Morgan fingerprint density at radius 3 is 2.42 bits per heavy atom. The van der Waals surface area contributed by atoms with E-state index in [1.165, 1.54) is 30.3 Å². The minimum atomic E-state index is -0.565. The van der Waals surface area contributed by atoms with Crippen molar-refractivity contribution in [1.29, 1.82) is 5.26 Å². The number of halogens is 4. The van der Waals surface area contributed by atoms with Crippen LogP contribution in [0.4, 0.5) is 10.1 Å². The molecule has 3 aromatic rings. The largest absolute Gasteiger partial charge is 0.486 e. The highest BCUT2D eigenvalue weighted by Crippen LogP contribution is 2.35. The van der Waals surface area contributed by atoms with Gasteiger partial charge in [-0.3, -0.25) is 4.79 Å². The number of nitriles is 1. The number of carbonyl (C=O) groups is 1. The number of amides is 1. The van der Waals surface area contributed by atoms with Crippen LogP contribution >= 0.6 is 39.1 Å². The third kappa shape index (κ3) is 6.31. The Balaban J connectivity index is 1.76. The third-order valence-electron chi connectivity index (χ3n) is 4.08. The molecule has 8 heteroatoms. The van der Waals surface area contributed by atoms with Gasteiger partial charge in [-0.1, -0.05) is 57.3 Å². The molecular formula is C23H14BrCl2FN2O2. The quantitative estimate of drug-likeness (QED) is 0.281. The standard InChI is InChI=1S/C23H14BrCl2FN2O2/c24-17-2-1-3-19(11-17)29-23(30)16(12-28)8-15-9-20(25)22(21(26)10-15)31-13-14-4-6-18(27)7-5-14/h1-11H,13H2,(H,29,30)/b16-8-. The normalized spacial score (nSPS) is 11.0. The molecule has 1 N–H and O–H groups in total. The van der Waals surface area contributed by atoms with Gasteiger partial charge >= 0.3 is 0 Å². The molecule has 0 spiro atoms. The summed E-state index contributed by atoms with van der Waals surface area (Å²) in [5.41, 5.74) is 1.63. The number of ether oxygens (including phenoxy) is 1. The lowest BCUT2D eigenvalue weighted by atomic mass is 10.1. The van der Waals surface area contributed by atoms with Gasteiger partial charge in [0.25, 0.3) is 5.91 Å². The summed E-state index contributed by atoms with van der Waals surface area (Å²) < 4.78 is 19.5. The molecule has 0 saturated heterocycles. The van der Waals surface area contributed by atoms with E-state index >= 15 is 0 Å². The molecule has 0 aliphatic rings. The first kappa shape index (κ1) is 22.8. The van der Waals surface area contributed by atoms with Gasteiger partial charge < -0.3 is 10.1 Å². The van der Waals surface area contributed by atoms with Gasteiger partial charge in [-0.25, -0.2) is 4.39 Å². The van der Waals surface area contributed by atoms with E-state index in [1.807, 2.05) is 12.1 Å². The molecule has 0 bridgehead atoms. The van der Waals surface area contributed by atoms with E-state index < -0.39 is 5.91 Å². The van der Waals surface area contributed by atoms with Crippen molar-refractivity contribution in [2.75, 3.05) is 5.32 Å². The maximum Gasteiger partial charge on any atom is 0.266 e. The van der Waals surface area contributed by atoms with E-state index in [4.69, 9.17) is 27.9 Å². The summed E-state index contributed by atoms with van der Waals surface area (Å²) in [5.74, 6) is -0.653. The molecule has 0 aromatic heterocycles. The first-order valence-corrected chi connectivity index (χ1v) is 10.5. The van der Waals surface area contributed by atoms with Crippen molar-refractivity contribution in [3.8, 4) is 11.8 Å². The second-order valence-corrected chi connectivity index (χ2v) is 8.09. The molecule has 0 radical (unpaired) electrons. The molecule has 0 saturated carbocycles. The van der Waals surface area contributed by atoms with Crippen molar-refractivity contribution in [1.82, 2.24) is 0 Å². The number of benzene rings is 3. The average Bonchev–Trinajstić information content (AvgIpc) is 2.72. The molecule has 4 nitrogen and oxygen atoms in total. The Bertz CT molecular complexity index is 1170. The topological polar surface area (TPSA) is 62.1 Å². The number of nitrogens with one attached hydrogen (secondary N) is 1. The maximum absolute atomic E-state index is 13.0. The van der Waals surface area contributed by atoms with E-state index in [1.54, 1.807) is 30.3 Å². The Morgan fingerprint density at radius 2 is 1.81 bits per heavy atom. The maximum atomic E-state index is 13.0. The first-order valence-electron chi connectivity index (χ1n) is 8.90. The second-order valence-electron chi connectivity index (χ2n) is 6.36. The lowest BCUT2D eigenvalue weighted by Gasteiger charge is -2.11. The summed E-state index contributed by atoms with van der Waals surface area (Å²) in [6.07, 6.45) is 1.38. The summed E-state index contributed by atoms with van der Waals surface area (Å²) in [5, 5.41) is 12.5. The lowest BCUT2D eigenvalue weighted by Crippen LogP contribution is -2.13. The van der Waals surface area contributed by atoms with Crippen LogP contribution in [0, 0.1) is 17.1 Å². The van der Waals surface area contributed by atoms with E-state index in [9.17, 15) is 14.4 Å². The molecule has 0 unspecified atom stereocenters. The highest BCUT2D eigenvalue weighted by molar-refractivity contribution is 9.10. The molecule has 0 atom stereocenters. The fraction of sp³-hybridized carbons (Fsp3) is 0.0435. The Hall–Kier alpha value is -2.85. The van der Waals surface area contributed by atoms with Crippen LogP contribution in [0.2, 0.25) is 10.0 Å². The second kappa shape index (κ2) is 10.5. The molecule has 31 heavy (non-hydrogen) atoms. The minimum Gasteiger partial charge on any atom is -0.486 e. The molecule has 3 rings (SSSR count). The molecule has 156 valence electrons. The lowest BCUT2D eigenvalue weighted by molar-refractivity contribution is -0.112. The van der Waals surface area contributed by atoms with Crippen molar-refractivity contribution >= 4 is 56.8 Å². The zero-order valence-electron chi connectivity index (χ0n) is 15.8. The van der Waals surface area contributed by atoms with Gasteiger partial charge in [-0.2, -0.15) is 5.26 Å². The number of hydrogen-bond donors (Lipinski definition) is 1. The molecule has 0 aliphatic carbocycles. The first-order chi connectivity index (χ1) is 14.9. The summed E-state index contributed by atoms with van der Waals surface area (Å²) in [6.45, 7) is 0.146. The zero-order chi connectivity index (χ0) is 22.4. The fourth-order valence-electron chi connectivity index (χ4n) is 2.62. The number of carbonyl (C=O) groups excluding carboxylic acids is 1. The Labute approximate surface area is 197 Å². The summed E-state index contributed by atoms with van der Waals surface area (Å²) in [6, 6.07) is 17.8. The smallest absolute Gasteiger partial charge is 0.266 e. The average molecular weight is 520 g/mol. The van der Waals surface area contributed by atoms with Crippen LogP contribution in [-0.2, 0) is 11.4 Å². The number of anilines is 1. The van der Waals surface area contributed by atoms with Crippen LogP contribution in [-0.4, -0.2) is 5.91 Å². The summed E-state index contributed by atoms with van der Waals surface area (Å²) in [7, 11) is 0. The van der Waals surface area contributed by atoms with Gasteiger partial charge in [-0.15, -0.1) is 0 Å². The summed E-state index contributed by atoms with van der Waals surface area (Å²) >= 11 is 15.9. The van der Waals surface area contributed by atoms with E-state index in [0.717, 1.165) is 10.0 Å². The van der Waals surface area contributed by atoms with E-state index in [0.29, 0.717) is 11.3 Å². The van der Waals surface area contributed by atoms with Gasteiger partial charge in [-0.05, 0) is 59.7 Å². The highest BCUT2D eigenvalue weighted by Gasteiger charge is 2.13. The molecule has 0 fully saturated rings. The molecular weight excluding hydrogens is 506 g/mol. The minimum absolute atomic E-state index is 0.118. The van der Waals surface area contributed by atoms with Crippen LogP contribution in [0.15, 0.2) is 70.7 Å². The van der Waals surface area contributed by atoms with Crippen LogP contribution < -0.4 is 10.1 Å². The highest BCUT2D eigenvalue weighted by atomic mass is 79.9. The van der Waals surface area contributed by atoms with Gasteiger partial charge in [0.2, 0.25) is 0 Å². The van der Waals surface area contributed by atoms with E-state index in [2.05, 4.69) is 21.2 Å². The number of nitrogens with zero attached hydrogens (tertiary/aromatic N) is 1. The molecule has 0 aliphatic heterocycles. The van der Waals surface area contributed by atoms with Crippen molar-refractivity contribution in [2.24, 2.45) is 0 Å². The predicted octanol–water partition coefficient (Wildman–Crippen LogP) is 7.02. The predicted molar refractivity (Wildman–Crippen MR) is 124 cm³/mol. The zero-order valence-corrected chi connectivity index (χ0v) is 18.9. The van der Waals surface area contributed by atoms with Crippen LogP contribution in [0.1, 0.15) is 11.1 Å². The fourth-order valence-corrected chi connectivity index (χ4v) is 3.63. The number of rotatable bonds is 6. The van der Waals surface area contributed by atoms with Gasteiger partial charge in [0.05, 0.1) is 10.0 Å². The monoisotopic (exact) mass is 518 g/mol. The molecule has 1 amide bonds. The van der Waals surface area contributed by atoms with Crippen LogP contribution in [0.25, 0.3) is 6.08 Å². The van der Waals surface area contributed by atoms with E-state index in [-0.39, 0.29) is 33.8 Å². The van der Waals surface area contributed by atoms with Crippen molar-refractivity contribution < 1.29 is 13.9 Å². The van der Waals surface area contributed by atoms with Crippen molar-refractivity contribution in [2.45, 2.75) is 6.61 Å². The third-order valence-corrected chi connectivity index (χ3v) is 5.13. The summed E-state index contributed by atoms with van der Waals surface area (Å²) in [4.78, 5) is 12.4. The molecule has 0 heterocycles. The SMILES string of the molecule is N#C/C(=C/c1cc(Cl)c(OCc2ccc(F)cc2)c(Cl)c1)C(=O)Nc1cccc(Br)c1. The van der Waals surface area contributed by atoms with Gasteiger partial charge in [0.1, 0.15) is 24.1 Å². The Morgan fingerprint density at radius 1 is 1.13 bits per heavy atom. The van der Waals surface area contributed by atoms with Crippen LogP contribution in [0.3, 0.4) is 0 Å². The number of hydrogen-bond acceptors (Lipinski definition) is 3. The van der Waals surface area contributed by atoms with Crippen molar-refractivity contribution in [3.05, 3.63) is 97.7 Å². The molecule has 3 aromatic carbocycles. The van der Waals surface area contributed by atoms with Gasteiger partial charge in [0, 0.05) is 10.2 Å². The van der Waals surface area contributed by atoms with Gasteiger partial charge in [0.15, 0.2) is 5.75 Å². The van der Waals surface area contributed by atoms with Crippen molar-refractivity contribution in [3.63, 3.8) is 0 Å². The Kier molecular flexibility index (Phi) is 7.69. The van der Waals surface area contributed by atoms with Crippen LogP contribution in [0.5, 0.6) is 5.75 Å².